The summed E-state index contributed by atoms with van der Waals surface area (Å²) >= 11 is 0. The van der Waals surface area contributed by atoms with E-state index in [1.165, 1.54) is 0 Å². The van der Waals surface area contributed by atoms with E-state index in [0.29, 0.717) is 18.7 Å². The number of benzene rings is 1. The molecule has 0 saturated heterocycles. The number of phenols is 1. The average molecular weight is 273 g/mol. The van der Waals surface area contributed by atoms with Gasteiger partial charge in [0.05, 0.1) is 11.4 Å². The summed E-state index contributed by atoms with van der Waals surface area (Å²) in [5, 5.41) is 9.76. The van der Waals surface area contributed by atoms with Crippen LogP contribution in [0.3, 0.4) is 0 Å². The van der Waals surface area contributed by atoms with E-state index in [4.69, 9.17) is 4.55 Å². The fraction of sp³-hybridized carbons (Fsp3) is 0.500. The molecule has 0 radical (unpaired) electrons. The second-order valence-corrected chi connectivity index (χ2v) is 5.69. The fourth-order valence-corrected chi connectivity index (χ4v) is 2.29. The van der Waals surface area contributed by atoms with Crippen molar-refractivity contribution in [1.29, 1.82) is 0 Å². The highest BCUT2D eigenvalue weighted by atomic mass is 32.2. The maximum atomic E-state index is 10.7. The third-order valence-corrected chi connectivity index (χ3v) is 3.35. The van der Waals surface area contributed by atoms with Crippen LogP contribution in [0.25, 0.3) is 0 Å². The number of nitrogens with zero attached hydrogens (tertiary/aromatic N) is 1. The average Bonchev–Trinajstić information content (AvgIpc) is 2.27. The van der Waals surface area contributed by atoms with Gasteiger partial charge in [-0.25, -0.2) is 0 Å². The van der Waals surface area contributed by atoms with E-state index < -0.39 is 10.1 Å². The van der Waals surface area contributed by atoms with Crippen molar-refractivity contribution in [3.05, 3.63) is 24.3 Å². The van der Waals surface area contributed by atoms with Gasteiger partial charge in [0, 0.05) is 13.1 Å². The molecule has 1 aromatic rings. The van der Waals surface area contributed by atoms with Crippen LogP contribution in [-0.2, 0) is 10.1 Å². The Morgan fingerprint density at radius 1 is 1.22 bits per heavy atom. The molecule has 5 nitrogen and oxygen atoms in total. The predicted molar refractivity (Wildman–Crippen MR) is 71.6 cm³/mol. The van der Waals surface area contributed by atoms with Crippen molar-refractivity contribution in [2.75, 3.05) is 23.7 Å². The number of aromatic hydroxyl groups is 1. The van der Waals surface area contributed by atoms with Crippen LogP contribution in [0.4, 0.5) is 5.69 Å². The first-order chi connectivity index (χ1) is 8.44. The third kappa shape index (κ3) is 4.93. The van der Waals surface area contributed by atoms with Crippen LogP contribution in [0.1, 0.15) is 19.8 Å². The van der Waals surface area contributed by atoms with E-state index in [-0.39, 0.29) is 11.5 Å². The van der Waals surface area contributed by atoms with Gasteiger partial charge in [0.15, 0.2) is 0 Å². The van der Waals surface area contributed by atoms with Crippen molar-refractivity contribution in [2.24, 2.45) is 0 Å². The molecule has 18 heavy (non-hydrogen) atoms. The van der Waals surface area contributed by atoms with Gasteiger partial charge >= 0.3 is 0 Å². The van der Waals surface area contributed by atoms with Gasteiger partial charge in [0.1, 0.15) is 5.75 Å². The zero-order chi connectivity index (χ0) is 13.6. The Morgan fingerprint density at radius 2 is 1.89 bits per heavy atom. The first-order valence-corrected chi connectivity index (χ1v) is 7.53. The summed E-state index contributed by atoms with van der Waals surface area (Å²) in [6, 6.07) is 6.95. The second kappa shape index (κ2) is 6.61. The van der Waals surface area contributed by atoms with Crippen molar-refractivity contribution in [3.8, 4) is 5.75 Å². The molecule has 0 aliphatic carbocycles. The molecule has 0 aromatic heterocycles. The van der Waals surface area contributed by atoms with Gasteiger partial charge in [-0.2, -0.15) is 8.42 Å². The lowest BCUT2D eigenvalue weighted by atomic mass is 10.2. The molecule has 0 saturated carbocycles. The summed E-state index contributed by atoms with van der Waals surface area (Å²) in [6.45, 7) is 3.21. The predicted octanol–water partition coefficient (Wildman–Crippen LogP) is 1.89. The molecular formula is C12H19NO4S. The molecule has 0 aliphatic rings. The summed E-state index contributed by atoms with van der Waals surface area (Å²) in [7, 11) is -3.92. The Hall–Kier alpha value is -1.27. The summed E-state index contributed by atoms with van der Waals surface area (Å²) < 4.78 is 30.0. The molecular weight excluding hydrogens is 254 g/mol. The maximum Gasteiger partial charge on any atom is 0.264 e. The molecule has 0 atom stereocenters. The molecule has 0 unspecified atom stereocenters. The normalized spacial score (nSPS) is 11.4. The molecule has 0 amide bonds. The lowest BCUT2D eigenvalue weighted by Gasteiger charge is -2.24. The fourth-order valence-electron chi connectivity index (χ4n) is 1.79. The molecule has 0 spiro atoms. The minimum atomic E-state index is -3.92. The van der Waals surface area contributed by atoms with Crippen LogP contribution in [0.2, 0.25) is 0 Å². The van der Waals surface area contributed by atoms with E-state index in [2.05, 4.69) is 0 Å². The maximum absolute atomic E-state index is 10.7. The SMILES string of the molecule is CCCN(CCCS(=O)(=O)O)c1ccccc1O. The second-order valence-electron chi connectivity index (χ2n) is 4.12. The molecule has 0 bridgehead atoms. The standard InChI is InChI=1S/C12H19NO4S/c1-2-8-13(9-5-10-18(15,16)17)11-6-3-4-7-12(11)14/h3-4,6-7,14H,2,5,8-10H2,1H3,(H,15,16,17). The van der Waals surface area contributed by atoms with Crippen molar-refractivity contribution < 1.29 is 18.1 Å². The van der Waals surface area contributed by atoms with Gasteiger partial charge in [-0.3, -0.25) is 4.55 Å². The summed E-state index contributed by atoms with van der Waals surface area (Å²) in [6.07, 6.45) is 1.22. The summed E-state index contributed by atoms with van der Waals surface area (Å²) in [4.78, 5) is 1.92. The van der Waals surface area contributed by atoms with E-state index in [0.717, 1.165) is 13.0 Å². The molecule has 6 heteroatoms. The largest absolute Gasteiger partial charge is 0.506 e. The Labute approximate surface area is 108 Å². The highest BCUT2D eigenvalue weighted by molar-refractivity contribution is 7.85. The van der Waals surface area contributed by atoms with Gasteiger partial charge in [0.2, 0.25) is 0 Å². The zero-order valence-electron chi connectivity index (χ0n) is 10.4. The summed E-state index contributed by atoms with van der Waals surface area (Å²) in [5.74, 6) is -0.0846. The van der Waals surface area contributed by atoms with Crippen LogP contribution in [-0.4, -0.2) is 36.9 Å². The van der Waals surface area contributed by atoms with Gasteiger partial charge < -0.3 is 10.0 Å². The van der Waals surface area contributed by atoms with Crippen molar-refractivity contribution in [1.82, 2.24) is 0 Å². The lowest BCUT2D eigenvalue weighted by Crippen LogP contribution is -2.26. The number of hydrogen-bond donors (Lipinski definition) is 2. The van der Waals surface area contributed by atoms with Crippen LogP contribution in [0, 0.1) is 0 Å². The molecule has 1 rings (SSSR count). The molecule has 0 fully saturated rings. The highest BCUT2D eigenvalue weighted by Crippen LogP contribution is 2.26. The Morgan fingerprint density at radius 3 is 2.44 bits per heavy atom. The monoisotopic (exact) mass is 273 g/mol. The molecule has 0 heterocycles. The van der Waals surface area contributed by atoms with Gasteiger partial charge in [-0.15, -0.1) is 0 Å². The number of hydrogen-bond acceptors (Lipinski definition) is 4. The van der Waals surface area contributed by atoms with Crippen LogP contribution in [0.5, 0.6) is 5.75 Å². The third-order valence-electron chi connectivity index (χ3n) is 2.55. The Bertz CT molecular complexity index is 473. The quantitative estimate of drug-likeness (QED) is 0.742. The van der Waals surface area contributed by atoms with Crippen molar-refractivity contribution in [3.63, 3.8) is 0 Å². The first kappa shape index (κ1) is 14.8. The van der Waals surface area contributed by atoms with Gasteiger partial charge in [-0.05, 0) is 25.0 Å². The summed E-state index contributed by atoms with van der Waals surface area (Å²) in [5.41, 5.74) is 0.690. The van der Waals surface area contributed by atoms with E-state index >= 15 is 0 Å². The van der Waals surface area contributed by atoms with E-state index in [1.807, 2.05) is 17.9 Å². The number of phenolic OH excluding ortho intramolecular Hbond substituents is 1. The topological polar surface area (TPSA) is 77.8 Å². The highest BCUT2D eigenvalue weighted by Gasteiger charge is 2.11. The zero-order valence-corrected chi connectivity index (χ0v) is 11.2. The number of rotatable bonds is 7. The van der Waals surface area contributed by atoms with Crippen LogP contribution >= 0.6 is 0 Å². The van der Waals surface area contributed by atoms with Crippen LogP contribution < -0.4 is 4.90 Å². The van der Waals surface area contributed by atoms with Gasteiger partial charge in [-0.1, -0.05) is 19.1 Å². The Balaban J connectivity index is 2.69. The minimum Gasteiger partial charge on any atom is -0.506 e. The van der Waals surface area contributed by atoms with E-state index in [1.54, 1.807) is 18.2 Å². The number of para-hydroxylation sites is 2. The lowest BCUT2D eigenvalue weighted by molar-refractivity contribution is 0.473. The first-order valence-electron chi connectivity index (χ1n) is 5.92. The number of anilines is 1. The van der Waals surface area contributed by atoms with E-state index in [9.17, 15) is 13.5 Å². The van der Waals surface area contributed by atoms with Crippen molar-refractivity contribution in [2.45, 2.75) is 19.8 Å². The molecule has 0 aliphatic heterocycles. The van der Waals surface area contributed by atoms with Crippen molar-refractivity contribution >= 4 is 15.8 Å². The molecule has 1 aromatic carbocycles. The Kier molecular flexibility index (Phi) is 5.43. The van der Waals surface area contributed by atoms with Gasteiger partial charge in [0.25, 0.3) is 10.1 Å². The minimum absolute atomic E-state index is 0.179. The molecule has 102 valence electrons. The smallest absolute Gasteiger partial charge is 0.264 e. The van der Waals surface area contributed by atoms with Crippen LogP contribution in [0.15, 0.2) is 24.3 Å². The molecule has 2 N–H and O–H groups in total.